The Hall–Kier alpha value is -2.55. The molecule has 1 amide bonds. The van der Waals surface area contributed by atoms with Crippen LogP contribution >= 0.6 is 27.7 Å². The molecular formula is C22H17BrN2OS. The molecule has 2 aromatic carbocycles. The molecule has 3 rings (SSSR count). The van der Waals surface area contributed by atoms with Gasteiger partial charge in [-0.2, -0.15) is 0 Å². The maximum Gasteiger partial charge on any atom is 0.234 e. The van der Waals surface area contributed by atoms with Crippen LogP contribution in [-0.2, 0) is 4.79 Å². The monoisotopic (exact) mass is 436 g/mol. The summed E-state index contributed by atoms with van der Waals surface area (Å²) in [5.74, 6) is 6.40. The van der Waals surface area contributed by atoms with Crippen LogP contribution in [0.4, 0.5) is 5.69 Å². The third kappa shape index (κ3) is 5.99. The van der Waals surface area contributed by atoms with Crippen LogP contribution in [0, 0.1) is 18.8 Å². The van der Waals surface area contributed by atoms with Gasteiger partial charge in [0, 0.05) is 26.8 Å². The lowest BCUT2D eigenvalue weighted by Crippen LogP contribution is -2.14. The Labute approximate surface area is 171 Å². The summed E-state index contributed by atoms with van der Waals surface area (Å²) in [6.07, 6.45) is 1.71. The standard InChI is InChI=1S/C22H17BrN2OS/c1-16-13-18(23)9-11-21(16)27-15-22(26)25-20-7-4-5-17(14-20)8-10-19-6-2-3-12-24-19/h2-7,9,11-14H,15H2,1H3,(H,25,26). The fraction of sp³-hybridized carbons (Fsp3) is 0.0909. The zero-order valence-electron chi connectivity index (χ0n) is 14.7. The minimum atomic E-state index is -0.0443. The predicted octanol–water partition coefficient (Wildman–Crippen LogP) is 5.28. The molecule has 0 radical (unpaired) electrons. The highest BCUT2D eigenvalue weighted by Gasteiger charge is 2.06. The number of hydrogen-bond acceptors (Lipinski definition) is 3. The molecule has 5 heteroatoms. The summed E-state index contributed by atoms with van der Waals surface area (Å²) in [7, 11) is 0. The van der Waals surface area contributed by atoms with Crippen molar-refractivity contribution in [2.75, 3.05) is 11.1 Å². The van der Waals surface area contributed by atoms with E-state index in [4.69, 9.17) is 0 Å². The average Bonchev–Trinajstić information content (AvgIpc) is 2.67. The average molecular weight is 437 g/mol. The summed E-state index contributed by atoms with van der Waals surface area (Å²) in [6, 6.07) is 19.2. The van der Waals surface area contributed by atoms with Crippen molar-refractivity contribution in [3.05, 3.63) is 88.2 Å². The predicted molar refractivity (Wildman–Crippen MR) is 115 cm³/mol. The Kier molecular flexibility index (Phi) is 6.69. The van der Waals surface area contributed by atoms with E-state index in [0.29, 0.717) is 11.4 Å². The van der Waals surface area contributed by atoms with E-state index >= 15 is 0 Å². The van der Waals surface area contributed by atoms with Crippen molar-refractivity contribution < 1.29 is 4.79 Å². The second-order valence-corrected chi connectivity index (χ2v) is 7.73. The van der Waals surface area contributed by atoms with Crippen molar-refractivity contribution in [3.8, 4) is 11.8 Å². The van der Waals surface area contributed by atoms with Gasteiger partial charge in [-0.25, -0.2) is 4.98 Å². The third-order valence-electron chi connectivity index (χ3n) is 3.64. The molecule has 134 valence electrons. The molecule has 0 unspecified atom stereocenters. The van der Waals surface area contributed by atoms with Gasteiger partial charge in [-0.15, -0.1) is 11.8 Å². The van der Waals surface area contributed by atoms with Crippen LogP contribution in [0.1, 0.15) is 16.8 Å². The number of carbonyl (C=O) groups excluding carboxylic acids is 1. The van der Waals surface area contributed by atoms with E-state index in [0.717, 1.165) is 26.2 Å². The van der Waals surface area contributed by atoms with Crippen molar-refractivity contribution in [2.45, 2.75) is 11.8 Å². The minimum Gasteiger partial charge on any atom is -0.325 e. The molecule has 0 spiro atoms. The number of thioether (sulfide) groups is 1. The first-order chi connectivity index (χ1) is 13.1. The lowest BCUT2D eigenvalue weighted by atomic mass is 10.2. The number of amides is 1. The van der Waals surface area contributed by atoms with Gasteiger partial charge >= 0.3 is 0 Å². The number of rotatable bonds is 4. The van der Waals surface area contributed by atoms with Gasteiger partial charge < -0.3 is 5.32 Å². The molecule has 0 aliphatic rings. The molecular weight excluding hydrogens is 420 g/mol. The van der Waals surface area contributed by atoms with E-state index in [9.17, 15) is 4.79 Å². The van der Waals surface area contributed by atoms with Crippen LogP contribution in [0.3, 0.4) is 0 Å². The number of benzene rings is 2. The second-order valence-electron chi connectivity index (χ2n) is 5.79. The Morgan fingerprint density at radius 3 is 2.78 bits per heavy atom. The van der Waals surface area contributed by atoms with E-state index in [2.05, 4.69) is 38.1 Å². The Balaban J connectivity index is 1.60. The van der Waals surface area contributed by atoms with E-state index in [-0.39, 0.29) is 5.91 Å². The molecule has 0 bridgehead atoms. The van der Waals surface area contributed by atoms with Crippen molar-refractivity contribution >= 4 is 39.3 Å². The first kappa shape index (κ1) is 19.2. The van der Waals surface area contributed by atoms with E-state index in [1.165, 1.54) is 11.8 Å². The molecule has 1 aromatic heterocycles. The number of anilines is 1. The highest BCUT2D eigenvalue weighted by Crippen LogP contribution is 2.25. The topological polar surface area (TPSA) is 42.0 Å². The molecule has 0 saturated heterocycles. The Morgan fingerprint density at radius 1 is 1.11 bits per heavy atom. The zero-order chi connectivity index (χ0) is 19.1. The van der Waals surface area contributed by atoms with E-state index in [1.54, 1.807) is 6.20 Å². The highest BCUT2D eigenvalue weighted by atomic mass is 79.9. The number of aryl methyl sites for hydroxylation is 1. The fourth-order valence-corrected chi connectivity index (χ4v) is 3.65. The SMILES string of the molecule is Cc1cc(Br)ccc1SCC(=O)Nc1cccc(C#Cc2ccccn2)c1. The van der Waals surface area contributed by atoms with Crippen LogP contribution < -0.4 is 5.32 Å². The van der Waals surface area contributed by atoms with Gasteiger partial charge in [-0.05, 0) is 66.9 Å². The largest absolute Gasteiger partial charge is 0.325 e. The zero-order valence-corrected chi connectivity index (χ0v) is 17.1. The third-order valence-corrected chi connectivity index (χ3v) is 5.31. The molecule has 3 aromatic rings. The van der Waals surface area contributed by atoms with Gasteiger partial charge in [0.1, 0.15) is 5.69 Å². The smallest absolute Gasteiger partial charge is 0.234 e. The summed E-state index contributed by atoms with van der Waals surface area (Å²) >= 11 is 4.98. The van der Waals surface area contributed by atoms with Crippen LogP contribution in [0.25, 0.3) is 0 Å². The fourth-order valence-electron chi connectivity index (χ4n) is 2.36. The van der Waals surface area contributed by atoms with Crippen molar-refractivity contribution in [3.63, 3.8) is 0 Å². The van der Waals surface area contributed by atoms with Gasteiger partial charge in [0.05, 0.1) is 5.75 Å². The number of hydrogen-bond donors (Lipinski definition) is 1. The van der Waals surface area contributed by atoms with Gasteiger partial charge in [-0.1, -0.05) is 34.0 Å². The van der Waals surface area contributed by atoms with Gasteiger partial charge in [0.2, 0.25) is 5.91 Å². The molecule has 0 saturated carbocycles. The highest BCUT2D eigenvalue weighted by molar-refractivity contribution is 9.10. The van der Waals surface area contributed by atoms with Crippen LogP contribution in [0.15, 0.2) is 76.2 Å². The molecule has 3 nitrogen and oxygen atoms in total. The molecule has 27 heavy (non-hydrogen) atoms. The summed E-state index contributed by atoms with van der Waals surface area (Å²) in [4.78, 5) is 17.5. The second kappa shape index (κ2) is 9.40. The first-order valence-corrected chi connectivity index (χ1v) is 10.1. The lowest BCUT2D eigenvalue weighted by molar-refractivity contribution is -0.113. The van der Waals surface area contributed by atoms with Crippen molar-refractivity contribution in [2.24, 2.45) is 0 Å². The molecule has 1 heterocycles. The normalized spacial score (nSPS) is 10.0. The maximum absolute atomic E-state index is 12.3. The number of halogens is 1. The molecule has 0 fully saturated rings. The number of carbonyl (C=O) groups is 1. The summed E-state index contributed by atoms with van der Waals surface area (Å²) in [6.45, 7) is 2.04. The minimum absolute atomic E-state index is 0.0443. The number of nitrogens with zero attached hydrogens (tertiary/aromatic N) is 1. The molecule has 0 aliphatic carbocycles. The maximum atomic E-state index is 12.3. The van der Waals surface area contributed by atoms with E-state index in [1.807, 2.05) is 67.6 Å². The van der Waals surface area contributed by atoms with Crippen LogP contribution in [0.2, 0.25) is 0 Å². The van der Waals surface area contributed by atoms with Gasteiger partial charge in [0.15, 0.2) is 0 Å². The first-order valence-electron chi connectivity index (χ1n) is 8.32. The van der Waals surface area contributed by atoms with Gasteiger partial charge in [0.25, 0.3) is 0 Å². The van der Waals surface area contributed by atoms with Crippen LogP contribution in [0.5, 0.6) is 0 Å². The number of aromatic nitrogens is 1. The van der Waals surface area contributed by atoms with Crippen LogP contribution in [-0.4, -0.2) is 16.6 Å². The lowest BCUT2D eigenvalue weighted by Gasteiger charge is -2.07. The summed E-state index contributed by atoms with van der Waals surface area (Å²) < 4.78 is 1.04. The molecule has 0 aliphatic heterocycles. The number of pyridine rings is 1. The Bertz CT molecular complexity index is 1010. The van der Waals surface area contributed by atoms with Crippen molar-refractivity contribution in [1.82, 2.24) is 4.98 Å². The summed E-state index contributed by atoms with van der Waals surface area (Å²) in [5.41, 5.74) is 3.43. The van der Waals surface area contributed by atoms with Crippen molar-refractivity contribution in [1.29, 1.82) is 0 Å². The quantitative estimate of drug-likeness (QED) is 0.446. The molecule has 1 N–H and O–H groups in total. The van der Waals surface area contributed by atoms with Gasteiger partial charge in [-0.3, -0.25) is 4.79 Å². The molecule has 0 atom stereocenters. The summed E-state index contributed by atoms with van der Waals surface area (Å²) in [5, 5.41) is 2.93. The Morgan fingerprint density at radius 2 is 2.00 bits per heavy atom. The van der Waals surface area contributed by atoms with E-state index < -0.39 is 0 Å². The number of nitrogens with one attached hydrogen (secondary N) is 1.